The van der Waals surface area contributed by atoms with E-state index in [1.807, 2.05) is 10.9 Å². The molecule has 2 aromatic rings. The minimum Gasteiger partial charge on any atom is -0.396 e. The molecule has 2 aromatic heterocycles. The Hall–Kier alpha value is -1.73. The summed E-state index contributed by atoms with van der Waals surface area (Å²) in [5, 5.41) is 18.5. The Morgan fingerprint density at radius 3 is 2.77 bits per heavy atom. The molecule has 0 bridgehead atoms. The van der Waals surface area contributed by atoms with Gasteiger partial charge in [0, 0.05) is 49.7 Å². The van der Waals surface area contributed by atoms with Gasteiger partial charge in [0.15, 0.2) is 5.82 Å². The van der Waals surface area contributed by atoms with E-state index < -0.39 is 0 Å². The lowest BCUT2D eigenvalue weighted by Crippen LogP contribution is -2.21. The van der Waals surface area contributed by atoms with Crippen molar-refractivity contribution in [1.82, 2.24) is 24.8 Å². The maximum absolute atomic E-state index is 9.84. The van der Waals surface area contributed by atoms with Gasteiger partial charge in [0.2, 0.25) is 5.89 Å². The van der Waals surface area contributed by atoms with Crippen molar-refractivity contribution in [2.45, 2.75) is 64.0 Å². The number of nitrogens with zero attached hydrogens (tertiary/aromatic N) is 5. The molecule has 2 fully saturated rings. The molecule has 1 saturated heterocycles. The molecule has 2 aliphatic rings. The van der Waals surface area contributed by atoms with Crippen molar-refractivity contribution in [2.75, 3.05) is 19.7 Å². The van der Waals surface area contributed by atoms with Crippen molar-refractivity contribution < 1.29 is 9.63 Å². The van der Waals surface area contributed by atoms with E-state index in [0.29, 0.717) is 30.3 Å². The molecule has 1 aliphatic carbocycles. The minimum atomic E-state index is 0.186. The van der Waals surface area contributed by atoms with Crippen molar-refractivity contribution in [1.29, 1.82) is 0 Å². The number of aliphatic hydroxyl groups is 1. The maximum Gasteiger partial charge on any atom is 0.240 e. The Kier molecular flexibility index (Phi) is 5.09. The fourth-order valence-corrected chi connectivity index (χ4v) is 4.35. The molecule has 7 nitrogen and oxygen atoms in total. The molecule has 4 rings (SSSR count). The Morgan fingerprint density at radius 1 is 1.27 bits per heavy atom. The van der Waals surface area contributed by atoms with Crippen LogP contribution in [-0.2, 0) is 6.54 Å². The first-order valence-corrected chi connectivity index (χ1v) is 9.83. The highest BCUT2D eigenvalue weighted by Crippen LogP contribution is 2.34. The smallest absolute Gasteiger partial charge is 0.240 e. The van der Waals surface area contributed by atoms with Crippen LogP contribution in [0.5, 0.6) is 0 Å². The largest absolute Gasteiger partial charge is 0.396 e. The van der Waals surface area contributed by atoms with Gasteiger partial charge < -0.3 is 9.63 Å². The molecule has 0 aromatic carbocycles. The molecular weight excluding hydrogens is 330 g/mol. The summed E-state index contributed by atoms with van der Waals surface area (Å²) in [6.07, 6.45) is 8.96. The van der Waals surface area contributed by atoms with E-state index in [-0.39, 0.29) is 12.5 Å². The highest BCUT2D eigenvalue weighted by Gasteiger charge is 2.35. The van der Waals surface area contributed by atoms with E-state index in [1.54, 1.807) is 0 Å². The third-order valence-electron chi connectivity index (χ3n) is 5.89. The Balaban J connectivity index is 1.42. The van der Waals surface area contributed by atoms with Crippen LogP contribution in [0, 0.1) is 5.92 Å². The van der Waals surface area contributed by atoms with Gasteiger partial charge in [-0.15, -0.1) is 0 Å². The van der Waals surface area contributed by atoms with Crippen molar-refractivity contribution in [3.05, 3.63) is 29.7 Å². The molecule has 0 radical (unpaired) electrons. The van der Waals surface area contributed by atoms with Gasteiger partial charge in [0.1, 0.15) is 0 Å². The number of rotatable bonds is 6. The SMILES string of the molecule is CC(C)n1cc([C@@H]2CN(Cc3nc(C4CCCC4)no3)C[C@H]2CO)cn1. The summed E-state index contributed by atoms with van der Waals surface area (Å²) in [6, 6.07) is 0.348. The summed E-state index contributed by atoms with van der Waals surface area (Å²) >= 11 is 0. The van der Waals surface area contributed by atoms with Crippen LogP contribution < -0.4 is 0 Å². The lowest BCUT2D eigenvalue weighted by molar-refractivity contribution is 0.207. The second-order valence-corrected chi connectivity index (χ2v) is 8.12. The minimum absolute atomic E-state index is 0.186. The van der Waals surface area contributed by atoms with Gasteiger partial charge in [-0.3, -0.25) is 9.58 Å². The van der Waals surface area contributed by atoms with Crippen LogP contribution in [0.4, 0.5) is 0 Å². The first-order chi connectivity index (χ1) is 12.6. The van der Waals surface area contributed by atoms with Gasteiger partial charge in [-0.05, 0) is 32.3 Å². The van der Waals surface area contributed by atoms with Crippen LogP contribution in [0.25, 0.3) is 0 Å². The van der Waals surface area contributed by atoms with Crippen LogP contribution in [0.15, 0.2) is 16.9 Å². The third kappa shape index (κ3) is 3.55. The van der Waals surface area contributed by atoms with Crippen LogP contribution in [-0.4, -0.2) is 49.6 Å². The zero-order chi connectivity index (χ0) is 18.1. The normalized spacial score (nSPS) is 24.9. The number of aliphatic hydroxyl groups excluding tert-OH is 1. The third-order valence-corrected chi connectivity index (χ3v) is 5.89. The molecule has 1 saturated carbocycles. The van der Waals surface area contributed by atoms with E-state index in [1.165, 1.54) is 31.2 Å². The fraction of sp³-hybridized carbons (Fsp3) is 0.737. The Morgan fingerprint density at radius 2 is 2.08 bits per heavy atom. The number of aromatic nitrogens is 4. The monoisotopic (exact) mass is 359 g/mol. The molecule has 3 heterocycles. The van der Waals surface area contributed by atoms with Crippen molar-refractivity contribution in [3.8, 4) is 0 Å². The molecule has 1 N–H and O–H groups in total. The van der Waals surface area contributed by atoms with Gasteiger partial charge in [-0.25, -0.2) is 0 Å². The van der Waals surface area contributed by atoms with Gasteiger partial charge in [-0.1, -0.05) is 18.0 Å². The quantitative estimate of drug-likeness (QED) is 0.854. The standard InChI is InChI=1S/C19H29N5O2/c1-13(2)24-9-15(7-20-24)17-10-23(8-16(17)12-25)11-18-21-19(22-26-18)14-5-3-4-6-14/h7,9,13-14,16-17,25H,3-6,8,10-12H2,1-2H3/t16-,17-/m0/s1. The summed E-state index contributed by atoms with van der Waals surface area (Å²) < 4.78 is 7.49. The lowest BCUT2D eigenvalue weighted by atomic mass is 9.92. The molecule has 2 atom stereocenters. The highest BCUT2D eigenvalue weighted by molar-refractivity contribution is 5.16. The first kappa shape index (κ1) is 17.7. The molecule has 26 heavy (non-hydrogen) atoms. The molecule has 0 spiro atoms. The summed E-state index contributed by atoms with van der Waals surface area (Å²) in [7, 11) is 0. The van der Waals surface area contributed by atoms with E-state index >= 15 is 0 Å². The molecule has 142 valence electrons. The van der Waals surface area contributed by atoms with Gasteiger partial charge in [-0.2, -0.15) is 10.1 Å². The molecule has 0 unspecified atom stereocenters. The number of hydrogen-bond donors (Lipinski definition) is 1. The predicted octanol–water partition coefficient (Wildman–Crippen LogP) is 2.71. The molecule has 1 aliphatic heterocycles. The van der Waals surface area contributed by atoms with Crippen molar-refractivity contribution in [3.63, 3.8) is 0 Å². The van der Waals surface area contributed by atoms with Crippen LogP contribution in [0.1, 0.15) is 74.7 Å². The van der Waals surface area contributed by atoms with E-state index in [9.17, 15) is 5.11 Å². The summed E-state index contributed by atoms with van der Waals surface area (Å²) in [5.74, 6) is 2.57. The van der Waals surface area contributed by atoms with Crippen LogP contribution in [0.2, 0.25) is 0 Å². The first-order valence-electron chi connectivity index (χ1n) is 9.83. The fourth-order valence-electron chi connectivity index (χ4n) is 4.35. The highest BCUT2D eigenvalue weighted by atomic mass is 16.5. The van der Waals surface area contributed by atoms with E-state index in [4.69, 9.17) is 4.52 Å². The van der Waals surface area contributed by atoms with E-state index in [0.717, 1.165) is 18.9 Å². The van der Waals surface area contributed by atoms with Crippen molar-refractivity contribution >= 4 is 0 Å². The average Bonchev–Trinajstić information content (AvgIpc) is 3.40. The Labute approximate surface area is 154 Å². The summed E-state index contributed by atoms with van der Waals surface area (Å²) in [6.45, 7) is 6.82. The number of hydrogen-bond acceptors (Lipinski definition) is 6. The summed E-state index contributed by atoms with van der Waals surface area (Å²) in [4.78, 5) is 6.94. The lowest BCUT2D eigenvalue weighted by Gasteiger charge is -2.14. The van der Waals surface area contributed by atoms with Gasteiger partial charge in [0.05, 0.1) is 12.7 Å². The van der Waals surface area contributed by atoms with Gasteiger partial charge in [0.25, 0.3) is 0 Å². The van der Waals surface area contributed by atoms with E-state index in [2.05, 4.69) is 40.2 Å². The van der Waals surface area contributed by atoms with Crippen molar-refractivity contribution in [2.24, 2.45) is 5.92 Å². The topological polar surface area (TPSA) is 80.2 Å². The Bertz CT molecular complexity index is 719. The molecule has 0 amide bonds. The zero-order valence-electron chi connectivity index (χ0n) is 15.7. The molecule has 7 heteroatoms. The second-order valence-electron chi connectivity index (χ2n) is 8.12. The second kappa shape index (κ2) is 7.48. The predicted molar refractivity (Wildman–Crippen MR) is 96.7 cm³/mol. The summed E-state index contributed by atoms with van der Waals surface area (Å²) in [5.41, 5.74) is 1.21. The van der Waals surface area contributed by atoms with Crippen LogP contribution in [0.3, 0.4) is 0 Å². The van der Waals surface area contributed by atoms with Gasteiger partial charge >= 0.3 is 0 Å². The zero-order valence-corrected chi connectivity index (χ0v) is 15.7. The van der Waals surface area contributed by atoms with Crippen LogP contribution >= 0.6 is 0 Å². The maximum atomic E-state index is 9.84. The number of likely N-dealkylation sites (tertiary alicyclic amines) is 1. The molecular formula is C19H29N5O2. The average molecular weight is 359 g/mol.